The molecular formula is C36H46O4. The Morgan fingerprint density at radius 3 is 1.77 bits per heavy atom. The maximum Gasteiger partial charge on any atom is 0.343 e. The average molecular weight is 543 g/mol. The van der Waals surface area contributed by atoms with Crippen LogP contribution in [0.3, 0.4) is 0 Å². The van der Waals surface area contributed by atoms with E-state index in [-0.39, 0.29) is 5.97 Å². The summed E-state index contributed by atoms with van der Waals surface area (Å²) in [5, 5.41) is 0. The van der Waals surface area contributed by atoms with Crippen LogP contribution in [0.1, 0.15) is 88.4 Å². The first-order chi connectivity index (χ1) is 19.6. The SMILES string of the molecule is C=CCCCCCCOc1ccc(-c2ccc(C(=O)Oc3ccc(OCCCCCC(C)CC)cc3)cc2)cc1. The van der Waals surface area contributed by atoms with Gasteiger partial charge in [0.15, 0.2) is 0 Å². The summed E-state index contributed by atoms with van der Waals surface area (Å²) in [5.41, 5.74) is 2.61. The Morgan fingerprint density at radius 2 is 1.20 bits per heavy atom. The van der Waals surface area contributed by atoms with E-state index >= 15 is 0 Å². The maximum absolute atomic E-state index is 12.7. The minimum absolute atomic E-state index is 0.380. The fourth-order valence-corrected chi connectivity index (χ4v) is 4.41. The number of hydrogen-bond acceptors (Lipinski definition) is 4. The fraction of sp³-hybridized carbons (Fsp3) is 0.417. The van der Waals surface area contributed by atoms with Crippen molar-refractivity contribution in [3.05, 3.63) is 91.0 Å². The first-order valence-electron chi connectivity index (χ1n) is 15.0. The van der Waals surface area contributed by atoms with E-state index in [1.54, 1.807) is 24.3 Å². The van der Waals surface area contributed by atoms with Gasteiger partial charge in [-0.05, 0) is 91.3 Å². The monoisotopic (exact) mass is 542 g/mol. The smallest absolute Gasteiger partial charge is 0.343 e. The third-order valence-corrected chi connectivity index (χ3v) is 7.22. The molecule has 0 aliphatic rings. The highest BCUT2D eigenvalue weighted by Crippen LogP contribution is 2.24. The van der Waals surface area contributed by atoms with Crippen LogP contribution in [0.4, 0.5) is 0 Å². The zero-order valence-corrected chi connectivity index (χ0v) is 24.4. The van der Waals surface area contributed by atoms with Crippen LogP contribution in [0.5, 0.6) is 17.2 Å². The van der Waals surface area contributed by atoms with Crippen molar-refractivity contribution in [2.24, 2.45) is 5.92 Å². The first-order valence-corrected chi connectivity index (χ1v) is 15.0. The zero-order valence-electron chi connectivity index (χ0n) is 24.4. The number of esters is 1. The second kappa shape index (κ2) is 17.9. The molecule has 0 fully saturated rings. The third-order valence-electron chi connectivity index (χ3n) is 7.22. The minimum atomic E-state index is -0.380. The molecule has 0 saturated carbocycles. The zero-order chi connectivity index (χ0) is 28.4. The summed E-state index contributed by atoms with van der Waals surface area (Å²) in [6, 6.07) is 22.8. The molecule has 1 atom stereocenters. The van der Waals surface area contributed by atoms with Crippen LogP contribution >= 0.6 is 0 Å². The first kappa shape index (κ1) is 31.0. The lowest BCUT2D eigenvalue weighted by Gasteiger charge is -2.10. The molecule has 3 aromatic carbocycles. The van der Waals surface area contributed by atoms with E-state index in [2.05, 4.69) is 20.4 Å². The summed E-state index contributed by atoms with van der Waals surface area (Å²) < 4.78 is 17.3. The molecule has 0 aromatic heterocycles. The lowest BCUT2D eigenvalue weighted by molar-refractivity contribution is 0.0734. The van der Waals surface area contributed by atoms with Gasteiger partial charge < -0.3 is 14.2 Å². The van der Waals surface area contributed by atoms with Crippen molar-refractivity contribution in [2.45, 2.75) is 78.1 Å². The molecule has 0 amide bonds. The molecule has 0 aliphatic carbocycles. The third kappa shape index (κ3) is 11.3. The van der Waals surface area contributed by atoms with E-state index < -0.39 is 0 Å². The van der Waals surface area contributed by atoms with Crippen molar-refractivity contribution < 1.29 is 19.0 Å². The topological polar surface area (TPSA) is 44.8 Å². The summed E-state index contributed by atoms with van der Waals surface area (Å²) in [6.45, 7) is 9.76. The van der Waals surface area contributed by atoms with Gasteiger partial charge in [-0.1, -0.05) is 82.7 Å². The van der Waals surface area contributed by atoms with Crippen molar-refractivity contribution >= 4 is 5.97 Å². The van der Waals surface area contributed by atoms with Gasteiger partial charge in [0.1, 0.15) is 17.2 Å². The number of unbranched alkanes of at least 4 members (excludes halogenated alkanes) is 6. The molecule has 0 heterocycles. The number of carbonyl (C=O) groups is 1. The van der Waals surface area contributed by atoms with Gasteiger partial charge in [-0.2, -0.15) is 0 Å². The van der Waals surface area contributed by atoms with Gasteiger partial charge in [-0.25, -0.2) is 4.79 Å². The van der Waals surface area contributed by atoms with E-state index in [0.717, 1.165) is 54.4 Å². The molecule has 1 unspecified atom stereocenters. The van der Waals surface area contributed by atoms with E-state index in [9.17, 15) is 4.79 Å². The Bertz CT molecular complexity index is 1120. The molecule has 3 rings (SSSR count). The van der Waals surface area contributed by atoms with Gasteiger partial charge in [0, 0.05) is 0 Å². The second-order valence-corrected chi connectivity index (χ2v) is 10.5. The summed E-state index contributed by atoms with van der Waals surface area (Å²) in [7, 11) is 0. The lowest BCUT2D eigenvalue weighted by atomic mass is 10.0. The van der Waals surface area contributed by atoms with Crippen molar-refractivity contribution in [2.75, 3.05) is 13.2 Å². The van der Waals surface area contributed by atoms with Crippen LogP contribution in [0, 0.1) is 5.92 Å². The molecule has 4 heteroatoms. The largest absolute Gasteiger partial charge is 0.494 e. The molecule has 214 valence electrons. The van der Waals surface area contributed by atoms with Gasteiger partial charge in [-0.3, -0.25) is 0 Å². The molecule has 3 aromatic rings. The van der Waals surface area contributed by atoms with Crippen LogP contribution in [0.25, 0.3) is 11.1 Å². The van der Waals surface area contributed by atoms with Crippen LogP contribution in [-0.4, -0.2) is 19.2 Å². The van der Waals surface area contributed by atoms with Crippen LogP contribution in [0.2, 0.25) is 0 Å². The van der Waals surface area contributed by atoms with Gasteiger partial charge >= 0.3 is 5.97 Å². The van der Waals surface area contributed by atoms with Crippen LogP contribution in [0.15, 0.2) is 85.5 Å². The summed E-state index contributed by atoms with van der Waals surface area (Å²) in [6.07, 6.45) is 13.8. The Labute approximate surface area is 241 Å². The van der Waals surface area contributed by atoms with E-state index in [0.29, 0.717) is 17.9 Å². The van der Waals surface area contributed by atoms with Crippen LogP contribution in [-0.2, 0) is 0 Å². The Kier molecular flexibility index (Phi) is 13.9. The Balaban J connectivity index is 1.39. The van der Waals surface area contributed by atoms with Gasteiger partial charge in [0.05, 0.1) is 18.8 Å². The predicted molar refractivity (Wildman–Crippen MR) is 165 cm³/mol. The predicted octanol–water partition coefficient (Wildman–Crippen LogP) is 10.1. The highest BCUT2D eigenvalue weighted by Gasteiger charge is 2.10. The minimum Gasteiger partial charge on any atom is -0.494 e. The number of ether oxygens (including phenoxy) is 3. The Hall–Kier alpha value is -3.53. The number of rotatable bonds is 19. The number of carbonyl (C=O) groups excluding carboxylic acids is 1. The highest BCUT2D eigenvalue weighted by molar-refractivity contribution is 5.91. The van der Waals surface area contributed by atoms with E-state index in [1.807, 2.05) is 54.6 Å². The molecule has 0 radical (unpaired) electrons. The summed E-state index contributed by atoms with van der Waals surface area (Å²) in [5.74, 6) is 2.60. The molecule has 0 N–H and O–H groups in total. The standard InChI is InChI=1S/C36H46O4/c1-4-6-7-8-9-12-27-38-33-21-19-31(20-22-33)30-15-17-32(18-16-30)36(37)40-35-25-23-34(24-26-35)39-28-13-10-11-14-29(3)5-2/h4,15-26,29H,1,5-14,27-28H2,2-3H3. The Morgan fingerprint density at radius 1 is 0.700 bits per heavy atom. The van der Waals surface area contributed by atoms with Gasteiger partial charge in [-0.15, -0.1) is 6.58 Å². The summed E-state index contributed by atoms with van der Waals surface area (Å²) in [4.78, 5) is 12.7. The number of benzene rings is 3. The fourth-order valence-electron chi connectivity index (χ4n) is 4.41. The molecule has 40 heavy (non-hydrogen) atoms. The summed E-state index contributed by atoms with van der Waals surface area (Å²) >= 11 is 0. The normalized spacial score (nSPS) is 11.6. The van der Waals surface area contributed by atoms with E-state index in [1.165, 1.54) is 44.9 Å². The average Bonchev–Trinajstić information content (AvgIpc) is 2.99. The lowest BCUT2D eigenvalue weighted by Crippen LogP contribution is -2.08. The van der Waals surface area contributed by atoms with Crippen molar-refractivity contribution in [3.63, 3.8) is 0 Å². The second-order valence-electron chi connectivity index (χ2n) is 10.5. The van der Waals surface area contributed by atoms with Gasteiger partial charge in [0.25, 0.3) is 0 Å². The number of hydrogen-bond donors (Lipinski definition) is 0. The maximum atomic E-state index is 12.7. The molecule has 0 saturated heterocycles. The molecule has 0 bridgehead atoms. The van der Waals surface area contributed by atoms with Crippen molar-refractivity contribution in [1.82, 2.24) is 0 Å². The number of allylic oxidation sites excluding steroid dienone is 1. The molecule has 4 nitrogen and oxygen atoms in total. The molecule has 0 spiro atoms. The van der Waals surface area contributed by atoms with Crippen molar-refractivity contribution in [1.29, 1.82) is 0 Å². The van der Waals surface area contributed by atoms with Crippen molar-refractivity contribution in [3.8, 4) is 28.4 Å². The van der Waals surface area contributed by atoms with E-state index in [4.69, 9.17) is 14.2 Å². The quantitative estimate of drug-likeness (QED) is 0.0654. The molecular weight excluding hydrogens is 496 g/mol. The molecule has 0 aliphatic heterocycles. The van der Waals surface area contributed by atoms with Gasteiger partial charge in [0.2, 0.25) is 0 Å². The highest BCUT2D eigenvalue weighted by atomic mass is 16.5. The van der Waals surface area contributed by atoms with Crippen LogP contribution < -0.4 is 14.2 Å².